The molecule has 7 heteroatoms. The van der Waals surface area contributed by atoms with Gasteiger partial charge in [-0.05, 0) is 6.92 Å². The normalized spacial score (nSPS) is 11.4. The van der Waals surface area contributed by atoms with Crippen molar-refractivity contribution in [3.63, 3.8) is 0 Å². The van der Waals surface area contributed by atoms with Crippen LogP contribution in [0.2, 0.25) is 0 Å². The summed E-state index contributed by atoms with van der Waals surface area (Å²) in [5.41, 5.74) is 0. The zero-order chi connectivity index (χ0) is 12.6. The second-order valence-electron chi connectivity index (χ2n) is 2.97. The second kappa shape index (κ2) is 7.63. The summed E-state index contributed by atoms with van der Waals surface area (Å²) in [6.45, 7) is 2.18. The zero-order valence-corrected chi connectivity index (χ0v) is 9.53. The average Bonchev–Trinajstić information content (AvgIpc) is 2.27. The van der Waals surface area contributed by atoms with E-state index in [4.69, 9.17) is 4.74 Å². The third kappa shape index (κ3) is 5.30. The largest absolute Gasteiger partial charge is 0.462 e. The van der Waals surface area contributed by atoms with Crippen LogP contribution in [0.1, 0.15) is 6.92 Å². The van der Waals surface area contributed by atoms with E-state index in [-0.39, 0.29) is 0 Å². The molecule has 0 saturated heterocycles. The lowest BCUT2D eigenvalue weighted by Gasteiger charge is -2.12. The molecule has 0 fully saturated rings. The molecule has 0 heterocycles. The van der Waals surface area contributed by atoms with Crippen LogP contribution in [0.3, 0.4) is 0 Å². The molecule has 0 spiro atoms. The molecule has 0 aromatic rings. The predicted molar refractivity (Wildman–Crippen MR) is 54.5 cm³/mol. The first-order valence-electron chi connectivity index (χ1n) is 4.68. The number of carbonyl (C=O) groups excluding carboxylic acids is 3. The first-order valence-corrected chi connectivity index (χ1v) is 4.68. The predicted octanol–water partition coefficient (Wildman–Crippen LogP) is -1.57. The van der Waals surface area contributed by atoms with Crippen LogP contribution in [0.4, 0.5) is 0 Å². The number of nitrogens with one attached hydrogen (secondary N) is 2. The highest BCUT2D eigenvalue weighted by Gasteiger charge is 2.20. The number of carbonyl (C=O) groups is 3. The van der Waals surface area contributed by atoms with Gasteiger partial charge < -0.3 is 20.1 Å². The summed E-state index contributed by atoms with van der Waals surface area (Å²) in [6, 6.07) is -0.802. The molecule has 0 rings (SSSR count). The lowest BCUT2D eigenvalue weighted by molar-refractivity contribution is -0.153. The number of rotatable bonds is 5. The summed E-state index contributed by atoms with van der Waals surface area (Å²) in [7, 11) is 2.60. The number of methoxy groups -OCH3 is 2. The van der Waals surface area contributed by atoms with Crippen LogP contribution in [0.5, 0.6) is 0 Å². The van der Waals surface area contributed by atoms with Gasteiger partial charge in [-0.15, -0.1) is 0 Å². The smallest absolute Gasteiger partial charge is 0.396 e. The molecule has 0 aromatic carbocycles. The van der Waals surface area contributed by atoms with Gasteiger partial charge >= 0.3 is 11.9 Å². The molecule has 0 aromatic heterocycles. The maximum absolute atomic E-state index is 11.3. The molecule has 0 aliphatic carbocycles. The maximum atomic E-state index is 11.3. The van der Waals surface area contributed by atoms with Gasteiger partial charge in [-0.2, -0.15) is 0 Å². The van der Waals surface area contributed by atoms with Gasteiger partial charge in [0.1, 0.15) is 6.04 Å². The Labute approximate surface area is 93.5 Å². The van der Waals surface area contributed by atoms with Gasteiger partial charge in [-0.25, -0.2) is 4.79 Å². The average molecular weight is 232 g/mol. The number of ether oxygens (including phenoxy) is 2. The van der Waals surface area contributed by atoms with Crippen LogP contribution in [0.15, 0.2) is 0 Å². The zero-order valence-electron chi connectivity index (χ0n) is 9.53. The highest BCUT2D eigenvalue weighted by molar-refractivity contribution is 6.32. The van der Waals surface area contributed by atoms with Gasteiger partial charge in [-0.1, -0.05) is 0 Å². The van der Waals surface area contributed by atoms with Crippen LogP contribution in [0.25, 0.3) is 0 Å². The van der Waals surface area contributed by atoms with E-state index in [9.17, 15) is 14.4 Å². The standard InChI is InChI=1S/C9H16N2O5/c1-6(7(12)10-4-5-15-2)11-8(13)9(14)16-3/h6H,4-5H2,1-3H3,(H,10,12)(H,11,13). The van der Waals surface area contributed by atoms with Crippen molar-refractivity contribution < 1.29 is 23.9 Å². The van der Waals surface area contributed by atoms with E-state index in [0.717, 1.165) is 7.11 Å². The molecule has 0 aliphatic rings. The minimum absolute atomic E-state index is 0.341. The van der Waals surface area contributed by atoms with Crippen LogP contribution >= 0.6 is 0 Å². The molecular formula is C9H16N2O5. The Morgan fingerprint density at radius 2 is 1.88 bits per heavy atom. The Hall–Kier alpha value is -1.63. The minimum atomic E-state index is -1.03. The molecule has 0 aliphatic heterocycles. The van der Waals surface area contributed by atoms with Crippen LogP contribution in [-0.2, 0) is 23.9 Å². The number of hydrogen-bond acceptors (Lipinski definition) is 5. The highest BCUT2D eigenvalue weighted by Crippen LogP contribution is 1.84. The van der Waals surface area contributed by atoms with Crippen LogP contribution < -0.4 is 10.6 Å². The molecule has 2 N–H and O–H groups in total. The van der Waals surface area contributed by atoms with Crippen molar-refractivity contribution in [2.75, 3.05) is 27.4 Å². The lowest BCUT2D eigenvalue weighted by atomic mass is 10.3. The van der Waals surface area contributed by atoms with Crippen LogP contribution in [0, 0.1) is 0 Å². The van der Waals surface area contributed by atoms with E-state index < -0.39 is 23.8 Å². The second-order valence-corrected chi connectivity index (χ2v) is 2.97. The van der Waals surface area contributed by atoms with E-state index in [1.807, 2.05) is 0 Å². The monoisotopic (exact) mass is 232 g/mol. The fourth-order valence-electron chi connectivity index (χ4n) is 0.843. The quantitative estimate of drug-likeness (QED) is 0.339. The van der Waals surface area contributed by atoms with E-state index in [2.05, 4.69) is 15.4 Å². The molecule has 92 valence electrons. The van der Waals surface area contributed by atoms with E-state index in [0.29, 0.717) is 13.2 Å². The summed E-state index contributed by atoms with van der Waals surface area (Å²) >= 11 is 0. The van der Waals surface area contributed by atoms with Gasteiger partial charge in [0.25, 0.3) is 0 Å². The molecule has 0 saturated carbocycles. The summed E-state index contributed by atoms with van der Waals surface area (Å²) in [4.78, 5) is 33.1. The molecule has 0 radical (unpaired) electrons. The fourth-order valence-corrected chi connectivity index (χ4v) is 0.843. The third-order valence-electron chi connectivity index (χ3n) is 1.72. The Bertz CT molecular complexity index is 267. The molecular weight excluding hydrogens is 216 g/mol. The number of hydrogen-bond donors (Lipinski definition) is 2. The first-order chi connectivity index (χ1) is 7.52. The molecule has 16 heavy (non-hydrogen) atoms. The van der Waals surface area contributed by atoms with Crippen molar-refractivity contribution in [3.05, 3.63) is 0 Å². The topological polar surface area (TPSA) is 93.7 Å². The highest BCUT2D eigenvalue weighted by atomic mass is 16.5. The van der Waals surface area contributed by atoms with E-state index in [1.165, 1.54) is 14.0 Å². The van der Waals surface area contributed by atoms with Crippen molar-refractivity contribution in [1.29, 1.82) is 0 Å². The SMILES string of the molecule is COCCNC(=O)C(C)NC(=O)C(=O)OC. The number of amides is 2. The molecule has 1 atom stereocenters. The van der Waals surface area contributed by atoms with Crippen molar-refractivity contribution in [2.24, 2.45) is 0 Å². The fraction of sp³-hybridized carbons (Fsp3) is 0.667. The third-order valence-corrected chi connectivity index (χ3v) is 1.72. The van der Waals surface area contributed by atoms with Gasteiger partial charge in [0.15, 0.2) is 0 Å². The van der Waals surface area contributed by atoms with Crippen molar-refractivity contribution >= 4 is 17.8 Å². The first kappa shape index (κ1) is 14.4. The molecule has 0 bridgehead atoms. The van der Waals surface area contributed by atoms with E-state index >= 15 is 0 Å². The summed E-state index contributed by atoms with van der Waals surface area (Å²) < 4.78 is 8.92. The van der Waals surface area contributed by atoms with Gasteiger partial charge in [0, 0.05) is 13.7 Å². The Balaban J connectivity index is 3.95. The minimum Gasteiger partial charge on any atom is -0.462 e. The van der Waals surface area contributed by atoms with Gasteiger partial charge in [-0.3, -0.25) is 9.59 Å². The lowest BCUT2D eigenvalue weighted by Crippen LogP contribution is -2.47. The van der Waals surface area contributed by atoms with Crippen LogP contribution in [-0.4, -0.2) is 51.2 Å². The van der Waals surface area contributed by atoms with Crippen molar-refractivity contribution in [1.82, 2.24) is 10.6 Å². The molecule has 1 unspecified atom stereocenters. The van der Waals surface area contributed by atoms with Crippen molar-refractivity contribution in [3.8, 4) is 0 Å². The van der Waals surface area contributed by atoms with Crippen molar-refractivity contribution in [2.45, 2.75) is 13.0 Å². The summed E-state index contributed by atoms with van der Waals surface area (Å²) in [5.74, 6) is -2.37. The number of esters is 1. The molecule has 7 nitrogen and oxygen atoms in total. The Morgan fingerprint density at radius 1 is 1.25 bits per heavy atom. The Morgan fingerprint density at radius 3 is 2.38 bits per heavy atom. The Kier molecular flexibility index (Phi) is 6.86. The summed E-state index contributed by atoms with van der Waals surface area (Å²) in [6.07, 6.45) is 0. The van der Waals surface area contributed by atoms with Gasteiger partial charge in [0.05, 0.1) is 13.7 Å². The maximum Gasteiger partial charge on any atom is 0.396 e. The van der Waals surface area contributed by atoms with E-state index in [1.54, 1.807) is 0 Å². The summed E-state index contributed by atoms with van der Waals surface area (Å²) in [5, 5.41) is 4.71. The van der Waals surface area contributed by atoms with Gasteiger partial charge in [0.2, 0.25) is 5.91 Å². The molecule has 2 amide bonds.